The molecule has 1 aromatic rings. The third kappa shape index (κ3) is 2.24. The lowest BCUT2D eigenvalue weighted by atomic mass is 10.0. The highest BCUT2D eigenvalue weighted by Gasteiger charge is 2.38. The fraction of sp³-hybridized carbons (Fsp3) is 0.667. The molecule has 0 spiro atoms. The van der Waals surface area contributed by atoms with Gasteiger partial charge < -0.3 is 10.0 Å². The quantitative estimate of drug-likeness (QED) is 0.738. The van der Waals surface area contributed by atoms with Crippen LogP contribution in [0.25, 0.3) is 0 Å². The van der Waals surface area contributed by atoms with Gasteiger partial charge in [-0.3, -0.25) is 10.1 Å². The third-order valence-corrected chi connectivity index (χ3v) is 3.06. The molecule has 1 aliphatic heterocycles. The van der Waals surface area contributed by atoms with Crippen LogP contribution in [-0.2, 0) is 11.8 Å². The van der Waals surface area contributed by atoms with Crippen LogP contribution in [0, 0.1) is 5.92 Å². The van der Waals surface area contributed by atoms with Gasteiger partial charge in [-0.2, -0.15) is 4.80 Å². The van der Waals surface area contributed by atoms with E-state index in [1.807, 2.05) is 0 Å². The van der Waals surface area contributed by atoms with E-state index in [1.54, 1.807) is 14.0 Å². The number of rotatable bonds is 2. The van der Waals surface area contributed by atoms with Crippen LogP contribution < -0.4 is 5.32 Å². The van der Waals surface area contributed by atoms with E-state index in [4.69, 9.17) is 5.11 Å². The summed E-state index contributed by atoms with van der Waals surface area (Å²) in [6, 6.07) is -0.751. The number of aromatic nitrogens is 4. The summed E-state index contributed by atoms with van der Waals surface area (Å²) in [5.74, 6) is -1.30. The van der Waals surface area contributed by atoms with Crippen LogP contribution in [0.15, 0.2) is 0 Å². The molecule has 1 aliphatic rings. The number of carboxylic acid groups (broad SMARTS) is 1. The van der Waals surface area contributed by atoms with Crippen molar-refractivity contribution in [2.24, 2.45) is 13.0 Å². The van der Waals surface area contributed by atoms with E-state index in [-0.39, 0.29) is 12.0 Å². The number of urea groups is 1. The molecule has 9 nitrogen and oxygen atoms in total. The molecular formula is C9H14N6O3. The van der Waals surface area contributed by atoms with Crippen LogP contribution in [0.2, 0.25) is 0 Å². The molecule has 18 heavy (non-hydrogen) atoms. The number of tetrazole rings is 1. The highest BCUT2D eigenvalue weighted by Crippen LogP contribution is 2.24. The van der Waals surface area contributed by atoms with Crippen molar-refractivity contribution in [3.63, 3.8) is 0 Å². The lowest BCUT2D eigenvalue weighted by Crippen LogP contribution is -2.40. The number of likely N-dealkylation sites (tertiary alicyclic amines) is 1. The molecule has 2 amide bonds. The van der Waals surface area contributed by atoms with Gasteiger partial charge in [-0.05, 0) is 18.6 Å². The number of carbonyl (C=O) groups is 2. The molecule has 2 unspecified atom stereocenters. The van der Waals surface area contributed by atoms with Crippen LogP contribution in [0.4, 0.5) is 10.7 Å². The van der Waals surface area contributed by atoms with Crippen molar-refractivity contribution < 1.29 is 14.7 Å². The Morgan fingerprint density at radius 1 is 1.50 bits per heavy atom. The zero-order chi connectivity index (χ0) is 13.3. The minimum atomic E-state index is -0.879. The Balaban J connectivity index is 2.00. The van der Waals surface area contributed by atoms with Gasteiger partial charge in [0.2, 0.25) is 0 Å². The second kappa shape index (κ2) is 4.59. The largest absolute Gasteiger partial charge is 0.481 e. The summed E-state index contributed by atoms with van der Waals surface area (Å²) in [5.41, 5.74) is 0. The van der Waals surface area contributed by atoms with Gasteiger partial charge in [0.25, 0.3) is 5.95 Å². The van der Waals surface area contributed by atoms with Crippen molar-refractivity contribution in [2.75, 3.05) is 11.9 Å². The van der Waals surface area contributed by atoms with E-state index in [1.165, 1.54) is 9.70 Å². The van der Waals surface area contributed by atoms with Gasteiger partial charge >= 0.3 is 12.0 Å². The number of nitrogens with zero attached hydrogens (tertiary/aromatic N) is 5. The summed E-state index contributed by atoms with van der Waals surface area (Å²) in [6.45, 7) is 2.12. The molecule has 0 bridgehead atoms. The van der Waals surface area contributed by atoms with E-state index in [0.29, 0.717) is 13.0 Å². The van der Waals surface area contributed by atoms with Crippen molar-refractivity contribution in [3.05, 3.63) is 0 Å². The van der Waals surface area contributed by atoms with Crippen molar-refractivity contribution in [1.82, 2.24) is 25.1 Å². The molecule has 1 fully saturated rings. The third-order valence-electron chi connectivity index (χ3n) is 3.06. The van der Waals surface area contributed by atoms with Crippen molar-refractivity contribution >= 4 is 17.9 Å². The first-order valence-corrected chi connectivity index (χ1v) is 5.53. The first-order valence-electron chi connectivity index (χ1n) is 5.53. The number of carboxylic acids is 1. The van der Waals surface area contributed by atoms with Gasteiger partial charge in [0, 0.05) is 12.6 Å². The lowest BCUT2D eigenvalue weighted by Gasteiger charge is -2.22. The zero-order valence-corrected chi connectivity index (χ0v) is 10.1. The van der Waals surface area contributed by atoms with Gasteiger partial charge in [-0.15, -0.1) is 5.10 Å². The number of nitrogens with one attached hydrogen (secondary N) is 1. The highest BCUT2D eigenvalue weighted by molar-refractivity contribution is 5.88. The monoisotopic (exact) mass is 254 g/mol. The highest BCUT2D eigenvalue weighted by atomic mass is 16.4. The topological polar surface area (TPSA) is 113 Å². The molecular weight excluding hydrogens is 240 g/mol. The summed E-state index contributed by atoms with van der Waals surface area (Å²) in [6.07, 6.45) is 0.456. The molecule has 9 heteroatoms. The average molecular weight is 254 g/mol. The second-order valence-corrected chi connectivity index (χ2v) is 4.20. The van der Waals surface area contributed by atoms with E-state index < -0.39 is 17.9 Å². The fourth-order valence-corrected chi connectivity index (χ4v) is 2.06. The Hall–Kier alpha value is -2.19. The van der Waals surface area contributed by atoms with Crippen LogP contribution in [0.3, 0.4) is 0 Å². The predicted molar refractivity (Wildman–Crippen MR) is 59.7 cm³/mol. The summed E-state index contributed by atoms with van der Waals surface area (Å²) in [7, 11) is 1.58. The van der Waals surface area contributed by atoms with E-state index in [0.717, 1.165) is 0 Å². The maximum absolute atomic E-state index is 11.9. The minimum absolute atomic E-state index is 0.105. The van der Waals surface area contributed by atoms with Crippen LogP contribution in [0.1, 0.15) is 13.3 Å². The standard InChI is InChI=1S/C9H14N6O3/c1-5-6(7(16)17)3-4-15(5)9(18)10-8-11-13-14(2)12-8/h5-6H,3-4H2,1-2H3,(H,16,17)(H,10,12,18). The lowest BCUT2D eigenvalue weighted by molar-refractivity contribution is -0.142. The number of hydrogen-bond donors (Lipinski definition) is 2. The average Bonchev–Trinajstić information content (AvgIpc) is 2.85. The molecule has 0 aromatic carbocycles. The van der Waals surface area contributed by atoms with Gasteiger partial charge in [-0.1, -0.05) is 5.10 Å². The minimum Gasteiger partial charge on any atom is -0.481 e. The number of aryl methyl sites for hydroxylation is 1. The Morgan fingerprint density at radius 3 is 2.72 bits per heavy atom. The first-order chi connectivity index (χ1) is 8.49. The summed E-state index contributed by atoms with van der Waals surface area (Å²) in [5, 5.41) is 22.5. The van der Waals surface area contributed by atoms with Gasteiger partial charge in [0.1, 0.15) is 0 Å². The molecule has 0 aliphatic carbocycles. The molecule has 1 saturated heterocycles. The Labute approximate surface area is 103 Å². The molecule has 0 radical (unpaired) electrons. The van der Waals surface area contributed by atoms with Crippen LogP contribution in [-0.4, -0.2) is 54.8 Å². The van der Waals surface area contributed by atoms with Gasteiger partial charge in [0.15, 0.2) is 0 Å². The van der Waals surface area contributed by atoms with E-state index in [2.05, 4.69) is 20.7 Å². The molecule has 2 N–H and O–H groups in total. The first kappa shape index (κ1) is 12.3. The number of anilines is 1. The van der Waals surface area contributed by atoms with Crippen molar-refractivity contribution in [3.8, 4) is 0 Å². The molecule has 2 heterocycles. The molecule has 2 rings (SSSR count). The van der Waals surface area contributed by atoms with Gasteiger partial charge in [-0.25, -0.2) is 4.79 Å². The fourth-order valence-electron chi connectivity index (χ4n) is 2.06. The normalized spacial score (nSPS) is 23.1. The second-order valence-electron chi connectivity index (χ2n) is 4.20. The molecule has 2 atom stereocenters. The summed E-state index contributed by atoms with van der Waals surface area (Å²) in [4.78, 5) is 25.5. The molecule has 1 aromatic heterocycles. The Kier molecular flexibility index (Phi) is 3.13. The van der Waals surface area contributed by atoms with E-state index in [9.17, 15) is 9.59 Å². The van der Waals surface area contributed by atoms with Crippen LogP contribution in [0.5, 0.6) is 0 Å². The van der Waals surface area contributed by atoms with E-state index >= 15 is 0 Å². The summed E-state index contributed by atoms with van der Waals surface area (Å²) < 4.78 is 0. The summed E-state index contributed by atoms with van der Waals surface area (Å²) >= 11 is 0. The smallest absolute Gasteiger partial charge is 0.324 e. The number of carbonyl (C=O) groups excluding carboxylic acids is 1. The van der Waals surface area contributed by atoms with Gasteiger partial charge in [0.05, 0.1) is 13.0 Å². The maximum atomic E-state index is 11.9. The van der Waals surface area contributed by atoms with Crippen molar-refractivity contribution in [2.45, 2.75) is 19.4 Å². The Morgan fingerprint density at radius 2 is 2.22 bits per heavy atom. The Bertz CT molecular complexity index is 473. The SMILES string of the molecule is CC1C(C(=O)O)CCN1C(=O)Nc1nnn(C)n1. The number of amides is 2. The molecule has 98 valence electrons. The van der Waals surface area contributed by atoms with Crippen LogP contribution >= 0.6 is 0 Å². The van der Waals surface area contributed by atoms with Crippen molar-refractivity contribution in [1.29, 1.82) is 0 Å². The zero-order valence-electron chi connectivity index (χ0n) is 10.1. The predicted octanol–water partition coefficient (Wildman–Crippen LogP) is -0.463. The number of hydrogen-bond acceptors (Lipinski definition) is 5. The number of aliphatic carboxylic acids is 1. The molecule has 0 saturated carbocycles. The maximum Gasteiger partial charge on any atom is 0.324 e.